The van der Waals surface area contributed by atoms with E-state index in [4.69, 9.17) is 11.6 Å². The minimum absolute atomic E-state index is 0.249. The molecule has 2 aromatic heterocycles. The first-order chi connectivity index (χ1) is 10.1. The molecule has 1 aliphatic carbocycles. The molecule has 5 nitrogen and oxygen atoms in total. The van der Waals surface area contributed by atoms with Crippen LogP contribution < -0.4 is 5.32 Å². The number of aromatic nitrogens is 4. The van der Waals surface area contributed by atoms with Gasteiger partial charge >= 0.3 is 0 Å². The van der Waals surface area contributed by atoms with Gasteiger partial charge in [-0.25, -0.2) is 0 Å². The lowest BCUT2D eigenvalue weighted by Crippen LogP contribution is -2.28. The van der Waals surface area contributed by atoms with Crippen LogP contribution in [0.5, 0.6) is 0 Å². The van der Waals surface area contributed by atoms with Crippen molar-refractivity contribution in [2.75, 3.05) is 11.9 Å². The molecule has 2 N–H and O–H groups in total. The van der Waals surface area contributed by atoms with Crippen LogP contribution in [0.2, 0.25) is 5.28 Å². The zero-order chi connectivity index (χ0) is 14.9. The van der Waals surface area contributed by atoms with Gasteiger partial charge in [0.1, 0.15) is 5.82 Å². The van der Waals surface area contributed by atoms with E-state index in [9.17, 15) is 0 Å². The number of H-pyrrole nitrogens is 1. The summed E-state index contributed by atoms with van der Waals surface area (Å²) in [6.45, 7) is 5.55. The number of hydrogen-bond donors (Lipinski definition) is 2. The van der Waals surface area contributed by atoms with Crippen molar-refractivity contribution in [2.24, 2.45) is 11.3 Å². The predicted octanol–water partition coefficient (Wildman–Crippen LogP) is 4.02. The van der Waals surface area contributed by atoms with Crippen LogP contribution in [0, 0.1) is 11.3 Å². The zero-order valence-corrected chi connectivity index (χ0v) is 13.4. The molecular weight excluding hydrogens is 286 g/mol. The number of aromatic amines is 1. The number of hydrogen-bond acceptors (Lipinski definition) is 4. The third kappa shape index (κ3) is 3.12. The summed E-state index contributed by atoms with van der Waals surface area (Å²) in [4.78, 5) is 8.47. The topological polar surface area (TPSA) is 66.5 Å². The van der Waals surface area contributed by atoms with Crippen molar-refractivity contribution in [3.63, 3.8) is 0 Å². The summed E-state index contributed by atoms with van der Waals surface area (Å²) in [6, 6.07) is 0. The van der Waals surface area contributed by atoms with E-state index in [1.807, 2.05) is 0 Å². The Kier molecular flexibility index (Phi) is 4.02. The van der Waals surface area contributed by atoms with Gasteiger partial charge in [-0.15, -0.1) is 0 Å². The van der Waals surface area contributed by atoms with Crippen LogP contribution >= 0.6 is 11.6 Å². The molecule has 0 atom stereocenters. The van der Waals surface area contributed by atoms with E-state index in [-0.39, 0.29) is 5.28 Å². The Morgan fingerprint density at radius 1 is 1.33 bits per heavy atom. The van der Waals surface area contributed by atoms with Crippen LogP contribution in [0.3, 0.4) is 0 Å². The summed E-state index contributed by atoms with van der Waals surface area (Å²) >= 11 is 5.99. The molecule has 0 spiro atoms. The van der Waals surface area contributed by atoms with Gasteiger partial charge in [0.25, 0.3) is 0 Å². The van der Waals surface area contributed by atoms with E-state index in [1.165, 1.54) is 32.1 Å². The molecule has 0 unspecified atom stereocenters. The van der Waals surface area contributed by atoms with Crippen molar-refractivity contribution in [3.8, 4) is 0 Å². The van der Waals surface area contributed by atoms with Gasteiger partial charge in [-0.2, -0.15) is 15.1 Å². The van der Waals surface area contributed by atoms with Crippen LogP contribution in [0.15, 0.2) is 6.20 Å². The molecule has 1 fully saturated rings. The van der Waals surface area contributed by atoms with Crippen molar-refractivity contribution in [1.82, 2.24) is 20.2 Å². The molecule has 0 radical (unpaired) electrons. The van der Waals surface area contributed by atoms with Crippen molar-refractivity contribution in [3.05, 3.63) is 11.5 Å². The van der Waals surface area contributed by atoms with Crippen LogP contribution in [-0.2, 0) is 0 Å². The number of halogens is 1. The van der Waals surface area contributed by atoms with Crippen LogP contribution in [0.25, 0.3) is 11.0 Å². The lowest BCUT2D eigenvalue weighted by Gasteiger charge is -2.31. The Morgan fingerprint density at radius 3 is 2.81 bits per heavy atom. The Bertz CT molecular complexity index is 616. The first-order valence-corrected chi connectivity index (χ1v) is 8.06. The van der Waals surface area contributed by atoms with Gasteiger partial charge in [0, 0.05) is 6.54 Å². The number of nitrogens with zero attached hydrogens (tertiary/aromatic N) is 3. The molecule has 114 valence electrons. The van der Waals surface area contributed by atoms with E-state index in [1.54, 1.807) is 6.20 Å². The highest BCUT2D eigenvalue weighted by Gasteiger charge is 2.34. The van der Waals surface area contributed by atoms with Crippen LogP contribution in [0.1, 0.15) is 46.0 Å². The van der Waals surface area contributed by atoms with Crippen molar-refractivity contribution < 1.29 is 0 Å². The van der Waals surface area contributed by atoms with Gasteiger partial charge < -0.3 is 5.32 Å². The quantitative estimate of drug-likeness (QED) is 0.819. The molecule has 0 saturated heterocycles. The smallest absolute Gasteiger partial charge is 0.226 e. The molecule has 0 aliphatic heterocycles. The summed E-state index contributed by atoms with van der Waals surface area (Å²) < 4.78 is 0. The second-order valence-corrected chi connectivity index (χ2v) is 6.97. The predicted molar refractivity (Wildman–Crippen MR) is 85.5 cm³/mol. The third-order valence-electron chi connectivity index (χ3n) is 4.42. The average Bonchev–Trinajstić information content (AvgIpc) is 3.04. The highest BCUT2D eigenvalue weighted by atomic mass is 35.5. The maximum Gasteiger partial charge on any atom is 0.226 e. The van der Waals surface area contributed by atoms with Gasteiger partial charge in [0.15, 0.2) is 5.65 Å². The lowest BCUT2D eigenvalue weighted by atomic mass is 9.78. The summed E-state index contributed by atoms with van der Waals surface area (Å²) in [5.41, 5.74) is 1.07. The second-order valence-electron chi connectivity index (χ2n) is 6.63. The molecule has 2 heterocycles. The monoisotopic (exact) mass is 307 g/mol. The maximum absolute atomic E-state index is 5.99. The fraction of sp³-hybridized carbons (Fsp3) is 0.667. The first kappa shape index (κ1) is 14.6. The van der Waals surface area contributed by atoms with E-state index in [0.29, 0.717) is 17.0 Å². The molecule has 6 heteroatoms. The highest BCUT2D eigenvalue weighted by molar-refractivity contribution is 6.28. The SMILES string of the molecule is CC(C)CC1(CNc2nc(Cl)nc3[nH]ncc23)CCCC1. The zero-order valence-electron chi connectivity index (χ0n) is 12.6. The Morgan fingerprint density at radius 2 is 2.10 bits per heavy atom. The largest absolute Gasteiger partial charge is 0.369 e. The average molecular weight is 308 g/mol. The van der Waals surface area contributed by atoms with Gasteiger partial charge in [-0.3, -0.25) is 5.10 Å². The van der Waals surface area contributed by atoms with Crippen molar-refractivity contribution in [2.45, 2.75) is 46.0 Å². The second kappa shape index (κ2) is 5.79. The van der Waals surface area contributed by atoms with Gasteiger partial charge in [-0.1, -0.05) is 26.7 Å². The van der Waals surface area contributed by atoms with Crippen molar-refractivity contribution in [1.29, 1.82) is 0 Å². The maximum atomic E-state index is 5.99. The summed E-state index contributed by atoms with van der Waals surface area (Å²) in [6.07, 6.45) is 8.27. The Hall–Kier alpha value is -1.36. The molecule has 1 aliphatic rings. The molecule has 0 bridgehead atoms. The number of fused-ring (bicyclic) bond motifs is 1. The molecule has 1 saturated carbocycles. The third-order valence-corrected chi connectivity index (χ3v) is 4.59. The fourth-order valence-electron chi connectivity index (χ4n) is 3.66. The highest BCUT2D eigenvalue weighted by Crippen LogP contribution is 2.43. The normalized spacial score (nSPS) is 17.7. The molecule has 2 aromatic rings. The van der Waals surface area contributed by atoms with Gasteiger partial charge in [0.05, 0.1) is 11.6 Å². The van der Waals surface area contributed by atoms with Crippen LogP contribution in [0.4, 0.5) is 5.82 Å². The number of nitrogens with one attached hydrogen (secondary N) is 2. The molecule has 0 aromatic carbocycles. The Balaban J connectivity index is 1.80. The van der Waals surface area contributed by atoms with Gasteiger partial charge in [-0.05, 0) is 42.2 Å². The minimum Gasteiger partial charge on any atom is -0.369 e. The number of anilines is 1. The fourth-order valence-corrected chi connectivity index (χ4v) is 3.83. The van der Waals surface area contributed by atoms with E-state index >= 15 is 0 Å². The van der Waals surface area contributed by atoms with Crippen LogP contribution in [-0.4, -0.2) is 26.7 Å². The summed E-state index contributed by atoms with van der Waals surface area (Å²) in [7, 11) is 0. The van der Waals surface area contributed by atoms with Crippen molar-refractivity contribution >= 4 is 28.5 Å². The standard InChI is InChI=1S/C15H22ClN5/c1-10(2)7-15(5-3-4-6-15)9-17-12-11-8-18-21-13(11)20-14(16)19-12/h8,10H,3-7,9H2,1-2H3,(H2,17,18,19,20,21). The van der Waals surface area contributed by atoms with E-state index in [2.05, 4.69) is 39.3 Å². The molecule has 3 rings (SSSR count). The Labute approximate surface area is 129 Å². The lowest BCUT2D eigenvalue weighted by molar-refractivity contribution is 0.252. The summed E-state index contributed by atoms with van der Waals surface area (Å²) in [5.74, 6) is 1.50. The first-order valence-electron chi connectivity index (χ1n) is 7.68. The molecular formula is C15H22ClN5. The van der Waals surface area contributed by atoms with Gasteiger partial charge in [0.2, 0.25) is 5.28 Å². The van der Waals surface area contributed by atoms with E-state index in [0.717, 1.165) is 17.7 Å². The van der Waals surface area contributed by atoms with E-state index < -0.39 is 0 Å². The summed E-state index contributed by atoms with van der Waals surface area (Å²) in [5, 5.41) is 11.5. The molecule has 0 amide bonds. The number of rotatable bonds is 5. The minimum atomic E-state index is 0.249. The molecule has 21 heavy (non-hydrogen) atoms.